The minimum Gasteiger partial charge on any atom is -0.393 e. The molecule has 2 aliphatic rings. The maximum Gasteiger partial charge on any atom is 0.134 e. The molecule has 0 bridgehead atoms. The minimum absolute atomic E-state index is 0.286. The molecule has 5 nitrogen and oxygen atoms in total. The Labute approximate surface area is 124 Å². The van der Waals surface area contributed by atoms with Crippen molar-refractivity contribution in [2.75, 3.05) is 36.0 Å². The van der Waals surface area contributed by atoms with Crippen LogP contribution in [0.5, 0.6) is 0 Å². The Morgan fingerprint density at radius 3 is 2.52 bits per heavy atom. The highest BCUT2D eigenvalue weighted by molar-refractivity contribution is 5.51. The molecule has 3 rings (SSSR count). The van der Waals surface area contributed by atoms with Crippen molar-refractivity contribution in [1.29, 1.82) is 0 Å². The van der Waals surface area contributed by atoms with E-state index in [0.29, 0.717) is 18.9 Å². The fraction of sp³-hybridized carbons (Fsp3) is 0.733. The van der Waals surface area contributed by atoms with Crippen molar-refractivity contribution in [3.8, 4) is 0 Å². The molecular formula is C15H23FN4O. The third-order valence-corrected chi connectivity index (χ3v) is 4.56. The van der Waals surface area contributed by atoms with Crippen molar-refractivity contribution in [3.63, 3.8) is 0 Å². The van der Waals surface area contributed by atoms with Gasteiger partial charge in [-0.3, -0.25) is 0 Å². The highest BCUT2D eigenvalue weighted by Gasteiger charge is 2.27. The zero-order valence-electron chi connectivity index (χ0n) is 12.5. The number of alkyl halides is 1. The van der Waals surface area contributed by atoms with Crippen LogP contribution in [0.4, 0.5) is 16.0 Å². The largest absolute Gasteiger partial charge is 0.393 e. The lowest BCUT2D eigenvalue weighted by atomic mass is 10.0. The van der Waals surface area contributed by atoms with Gasteiger partial charge in [0.25, 0.3) is 0 Å². The number of nitrogens with zero attached hydrogens (tertiary/aromatic N) is 4. The number of anilines is 2. The third kappa shape index (κ3) is 3.26. The van der Waals surface area contributed by atoms with Crippen molar-refractivity contribution in [2.24, 2.45) is 5.92 Å². The van der Waals surface area contributed by atoms with Gasteiger partial charge in [0.1, 0.15) is 24.1 Å². The number of aromatic nitrogens is 2. The van der Waals surface area contributed by atoms with E-state index in [-0.39, 0.29) is 6.10 Å². The third-order valence-electron chi connectivity index (χ3n) is 4.56. The Balaban J connectivity index is 1.71. The number of hydrogen-bond donors (Lipinski definition) is 1. The van der Waals surface area contributed by atoms with Crippen LogP contribution in [0.3, 0.4) is 0 Å². The molecule has 2 fully saturated rings. The van der Waals surface area contributed by atoms with E-state index in [0.717, 1.165) is 44.1 Å². The Kier molecular flexibility index (Phi) is 4.24. The van der Waals surface area contributed by atoms with Crippen LogP contribution in [-0.2, 0) is 0 Å². The van der Waals surface area contributed by atoms with E-state index in [1.807, 2.05) is 17.9 Å². The van der Waals surface area contributed by atoms with Crippen LogP contribution in [0.25, 0.3) is 0 Å². The molecule has 2 saturated heterocycles. The summed E-state index contributed by atoms with van der Waals surface area (Å²) >= 11 is 0. The molecule has 6 heteroatoms. The number of halogens is 1. The van der Waals surface area contributed by atoms with Gasteiger partial charge >= 0.3 is 0 Å². The zero-order valence-corrected chi connectivity index (χ0v) is 12.5. The van der Waals surface area contributed by atoms with E-state index in [2.05, 4.69) is 14.9 Å². The van der Waals surface area contributed by atoms with Gasteiger partial charge in [-0.2, -0.15) is 0 Å². The molecule has 3 atom stereocenters. The van der Waals surface area contributed by atoms with Gasteiger partial charge < -0.3 is 14.9 Å². The average Bonchev–Trinajstić information content (AvgIpc) is 2.97. The second-order valence-corrected chi connectivity index (χ2v) is 6.16. The summed E-state index contributed by atoms with van der Waals surface area (Å²) in [5.74, 6) is 1.99. The van der Waals surface area contributed by atoms with Crippen molar-refractivity contribution in [1.82, 2.24) is 9.97 Å². The number of aliphatic hydroxyl groups excluding tert-OH is 1. The topological polar surface area (TPSA) is 52.5 Å². The summed E-state index contributed by atoms with van der Waals surface area (Å²) in [6.45, 7) is 4.84. The fourth-order valence-electron chi connectivity index (χ4n) is 3.21. The van der Waals surface area contributed by atoms with Gasteiger partial charge in [-0.25, -0.2) is 14.4 Å². The monoisotopic (exact) mass is 294 g/mol. The fourth-order valence-corrected chi connectivity index (χ4v) is 3.21. The first kappa shape index (κ1) is 14.5. The van der Waals surface area contributed by atoms with Gasteiger partial charge in [-0.1, -0.05) is 0 Å². The zero-order chi connectivity index (χ0) is 14.8. The van der Waals surface area contributed by atoms with Crippen molar-refractivity contribution in [3.05, 3.63) is 12.4 Å². The van der Waals surface area contributed by atoms with Gasteiger partial charge in [0.15, 0.2) is 0 Å². The molecule has 0 saturated carbocycles. The van der Waals surface area contributed by atoms with E-state index in [1.54, 1.807) is 6.33 Å². The predicted octanol–water partition coefficient (Wildman–Crippen LogP) is 1.62. The van der Waals surface area contributed by atoms with E-state index in [4.69, 9.17) is 0 Å². The summed E-state index contributed by atoms with van der Waals surface area (Å²) in [5.41, 5.74) is 0. The average molecular weight is 294 g/mol. The molecule has 21 heavy (non-hydrogen) atoms. The molecule has 0 spiro atoms. The summed E-state index contributed by atoms with van der Waals surface area (Å²) < 4.78 is 13.5. The first-order valence-electron chi connectivity index (χ1n) is 7.77. The van der Waals surface area contributed by atoms with E-state index in [9.17, 15) is 9.50 Å². The summed E-state index contributed by atoms with van der Waals surface area (Å²) in [7, 11) is 0. The highest BCUT2D eigenvalue weighted by atomic mass is 19.1. The summed E-state index contributed by atoms with van der Waals surface area (Å²) in [6.07, 6.45) is 3.01. The number of aliphatic hydroxyl groups is 1. The lowest BCUT2D eigenvalue weighted by molar-refractivity contribution is 0.136. The molecule has 0 aliphatic carbocycles. The van der Waals surface area contributed by atoms with Gasteiger partial charge in [0.05, 0.1) is 12.6 Å². The van der Waals surface area contributed by atoms with Crippen LogP contribution >= 0.6 is 0 Å². The first-order valence-corrected chi connectivity index (χ1v) is 7.77. The number of rotatable bonds is 3. The second kappa shape index (κ2) is 6.13. The predicted molar refractivity (Wildman–Crippen MR) is 80.4 cm³/mol. The van der Waals surface area contributed by atoms with Gasteiger partial charge in [-0.15, -0.1) is 0 Å². The lowest BCUT2D eigenvalue weighted by Crippen LogP contribution is -2.37. The molecule has 0 radical (unpaired) electrons. The summed E-state index contributed by atoms with van der Waals surface area (Å²) in [4.78, 5) is 12.8. The molecule has 1 aromatic rings. The maximum atomic E-state index is 13.5. The summed E-state index contributed by atoms with van der Waals surface area (Å²) in [5, 5.41) is 9.70. The van der Waals surface area contributed by atoms with Crippen LogP contribution in [-0.4, -0.2) is 53.5 Å². The highest BCUT2D eigenvalue weighted by Crippen LogP contribution is 2.27. The number of hydrogen-bond acceptors (Lipinski definition) is 5. The molecular weight excluding hydrogens is 271 g/mol. The smallest absolute Gasteiger partial charge is 0.134 e. The molecule has 2 aliphatic heterocycles. The summed E-state index contributed by atoms with van der Waals surface area (Å²) in [6, 6.07) is 1.95. The molecule has 3 heterocycles. The molecule has 1 aromatic heterocycles. The van der Waals surface area contributed by atoms with Crippen molar-refractivity contribution >= 4 is 11.6 Å². The van der Waals surface area contributed by atoms with Gasteiger partial charge in [0.2, 0.25) is 0 Å². The molecule has 3 unspecified atom stereocenters. The van der Waals surface area contributed by atoms with Crippen LogP contribution in [0.2, 0.25) is 0 Å². The van der Waals surface area contributed by atoms with Gasteiger partial charge in [-0.05, 0) is 26.2 Å². The Hall–Kier alpha value is -1.43. The number of piperidine rings is 1. The van der Waals surface area contributed by atoms with Crippen LogP contribution in [0, 0.1) is 5.92 Å². The first-order chi connectivity index (χ1) is 10.1. The van der Waals surface area contributed by atoms with Crippen LogP contribution in [0.15, 0.2) is 12.4 Å². The molecule has 0 aromatic carbocycles. The maximum absolute atomic E-state index is 13.5. The Bertz CT molecular complexity index is 484. The van der Waals surface area contributed by atoms with E-state index < -0.39 is 6.17 Å². The van der Waals surface area contributed by atoms with Crippen LogP contribution in [0.1, 0.15) is 26.2 Å². The van der Waals surface area contributed by atoms with Crippen molar-refractivity contribution < 1.29 is 9.50 Å². The quantitative estimate of drug-likeness (QED) is 0.918. The normalized spacial score (nSPS) is 28.0. The Morgan fingerprint density at radius 2 is 1.90 bits per heavy atom. The van der Waals surface area contributed by atoms with Gasteiger partial charge in [0, 0.05) is 31.6 Å². The molecule has 1 N–H and O–H groups in total. The second-order valence-electron chi connectivity index (χ2n) is 6.16. The lowest BCUT2D eigenvalue weighted by Gasteiger charge is -2.30. The molecule has 116 valence electrons. The molecule has 0 amide bonds. The standard InChI is InChI=1S/C15H23FN4O/c1-11(21)12-4-6-20(8-12)15-7-14(17-10-18-15)19-5-2-3-13(16)9-19/h7,10-13,21H,2-6,8-9H2,1H3. The van der Waals surface area contributed by atoms with Crippen molar-refractivity contribution in [2.45, 2.75) is 38.5 Å². The minimum atomic E-state index is -0.761. The van der Waals surface area contributed by atoms with E-state index >= 15 is 0 Å². The van der Waals surface area contributed by atoms with E-state index in [1.165, 1.54) is 0 Å². The van der Waals surface area contributed by atoms with Crippen LogP contribution < -0.4 is 9.80 Å². The Morgan fingerprint density at radius 1 is 1.19 bits per heavy atom. The SMILES string of the molecule is CC(O)C1CCN(c2cc(N3CCCC(F)C3)ncn2)C1.